The Hall–Kier alpha value is -1.70. The van der Waals surface area contributed by atoms with Gasteiger partial charge in [0.2, 0.25) is 0 Å². The molecule has 30 heavy (non-hydrogen) atoms. The van der Waals surface area contributed by atoms with E-state index in [-0.39, 0.29) is 0 Å². The molecule has 0 aliphatic heterocycles. The van der Waals surface area contributed by atoms with Gasteiger partial charge in [0.05, 0.1) is 0 Å². The van der Waals surface area contributed by atoms with E-state index in [0.717, 1.165) is 23.7 Å². The summed E-state index contributed by atoms with van der Waals surface area (Å²) in [6, 6.07) is 8.86. The minimum absolute atomic E-state index is 0.842. The molecule has 0 N–H and O–H groups in total. The van der Waals surface area contributed by atoms with Crippen LogP contribution in [-0.4, -0.2) is 9.97 Å². The van der Waals surface area contributed by atoms with Crippen LogP contribution in [0.2, 0.25) is 0 Å². The average molecular weight is 409 g/mol. The molecule has 0 aliphatic carbocycles. The predicted molar refractivity (Wildman–Crippen MR) is 131 cm³/mol. The topological polar surface area (TPSA) is 25.8 Å². The van der Waals surface area contributed by atoms with Crippen molar-refractivity contribution in [2.45, 2.75) is 111 Å². The van der Waals surface area contributed by atoms with Gasteiger partial charge in [-0.15, -0.1) is 0 Å². The van der Waals surface area contributed by atoms with Gasteiger partial charge in [0, 0.05) is 18.0 Å². The van der Waals surface area contributed by atoms with Crippen LogP contribution in [0.25, 0.3) is 11.4 Å². The number of rotatable bonds is 16. The summed E-state index contributed by atoms with van der Waals surface area (Å²) in [7, 11) is 0. The summed E-state index contributed by atoms with van der Waals surface area (Å²) in [4.78, 5) is 9.23. The molecule has 0 amide bonds. The van der Waals surface area contributed by atoms with Crippen LogP contribution in [0, 0.1) is 5.92 Å². The third kappa shape index (κ3) is 10.4. The predicted octanol–water partition coefficient (Wildman–Crippen LogP) is 8.59. The second-order valence-electron chi connectivity index (χ2n) is 9.33. The van der Waals surface area contributed by atoms with Crippen molar-refractivity contribution >= 4 is 0 Å². The van der Waals surface area contributed by atoms with Crippen molar-refractivity contribution in [1.82, 2.24) is 9.97 Å². The molecule has 1 aromatic carbocycles. The Labute approximate surface area is 185 Å². The van der Waals surface area contributed by atoms with Crippen LogP contribution >= 0.6 is 0 Å². The Kier molecular flexibility index (Phi) is 12.4. The molecule has 0 atom stereocenters. The normalized spacial score (nSPS) is 11.3. The summed E-state index contributed by atoms with van der Waals surface area (Å²) >= 11 is 0. The molecule has 2 rings (SSSR count). The fourth-order valence-corrected chi connectivity index (χ4v) is 3.97. The van der Waals surface area contributed by atoms with E-state index in [4.69, 9.17) is 0 Å². The largest absolute Gasteiger partial charge is 0.236 e. The summed E-state index contributed by atoms with van der Waals surface area (Å²) in [6.07, 6.45) is 22.5. The first-order chi connectivity index (χ1) is 14.7. The van der Waals surface area contributed by atoms with Crippen molar-refractivity contribution in [2.75, 3.05) is 0 Å². The van der Waals surface area contributed by atoms with Gasteiger partial charge in [0.15, 0.2) is 5.82 Å². The van der Waals surface area contributed by atoms with Crippen molar-refractivity contribution < 1.29 is 0 Å². The molecule has 2 heteroatoms. The molecule has 2 aromatic rings. The molecule has 0 saturated heterocycles. The molecule has 0 spiro atoms. The van der Waals surface area contributed by atoms with Crippen LogP contribution < -0.4 is 0 Å². The van der Waals surface area contributed by atoms with E-state index >= 15 is 0 Å². The maximum atomic E-state index is 4.62. The standard InChI is InChI=1S/C28H44N2/c1-4-5-6-7-8-9-14-17-26-22-29-28(30-23-26)27-20-18-25(19-21-27)16-13-11-10-12-15-24(2)3/h18-24H,4-17H2,1-3H3. The van der Waals surface area contributed by atoms with Crippen molar-refractivity contribution in [3.8, 4) is 11.4 Å². The minimum atomic E-state index is 0.842. The van der Waals surface area contributed by atoms with Gasteiger partial charge in [0.1, 0.15) is 0 Å². The lowest BCUT2D eigenvalue weighted by molar-refractivity contribution is 0.520. The zero-order valence-electron chi connectivity index (χ0n) is 19.8. The van der Waals surface area contributed by atoms with E-state index in [1.807, 2.05) is 12.4 Å². The van der Waals surface area contributed by atoms with Crippen LogP contribution in [-0.2, 0) is 12.8 Å². The Morgan fingerprint density at radius 2 is 1.17 bits per heavy atom. The van der Waals surface area contributed by atoms with Crippen LogP contribution in [0.3, 0.4) is 0 Å². The van der Waals surface area contributed by atoms with E-state index in [9.17, 15) is 0 Å². The van der Waals surface area contributed by atoms with Crippen molar-refractivity contribution in [3.05, 3.63) is 47.8 Å². The first kappa shape index (κ1) is 24.6. The van der Waals surface area contributed by atoms with Gasteiger partial charge in [-0.2, -0.15) is 0 Å². The van der Waals surface area contributed by atoms with Gasteiger partial charge in [-0.1, -0.05) is 109 Å². The highest BCUT2D eigenvalue weighted by atomic mass is 14.9. The van der Waals surface area contributed by atoms with Gasteiger partial charge in [-0.25, -0.2) is 9.97 Å². The van der Waals surface area contributed by atoms with Crippen LogP contribution in [0.15, 0.2) is 36.7 Å². The molecule has 0 unspecified atom stereocenters. The maximum absolute atomic E-state index is 4.62. The number of hydrogen-bond acceptors (Lipinski definition) is 2. The Balaban J connectivity index is 1.67. The quantitative estimate of drug-likeness (QED) is 0.260. The second-order valence-corrected chi connectivity index (χ2v) is 9.33. The molecule has 0 aliphatic rings. The van der Waals surface area contributed by atoms with E-state index < -0.39 is 0 Å². The second kappa shape index (κ2) is 15.2. The van der Waals surface area contributed by atoms with E-state index in [1.165, 1.54) is 94.6 Å². The molecule has 0 saturated carbocycles. The number of nitrogens with zero attached hydrogens (tertiary/aromatic N) is 2. The lowest BCUT2D eigenvalue weighted by Crippen LogP contribution is -1.94. The summed E-state index contributed by atoms with van der Waals surface area (Å²) in [6.45, 7) is 6.90. The number of benzene rings is 1. The minimum Gasteiger partial charge on any atom is -0.236 e. The molecule has 166 valence electrons. The molecular weight excluding hydrogens is 364 g/mol. The van der Waals surface area contributed by atoms with Crippen molar-refractivity contribution in [1.29, 1.82) is 0 Å². The van der Waals surface area contributed by atoms with Gasteiger partial charge < -0.3 is 0 Å². The Morgan fingerprint density at radius 1 is 0.633 bits per heavy atom. The molecule has 0 bridgehead atoms. The van der Waals surface area contributed by atoms with Gasteiger partial charge >= 0.3 is 0 Å². The molecular formula is C28H44N2. The van der Waals surface area contributed by atoms with Crippen LogP contribution in [0.5, 0.6) is 0 Å². The van der Waals surface area contributed by atoms with E-state index in [1.54, 1.807) is 0 Å². The SMILES string of the molecule is CCCCCCCCCc1cnc(-c2ccc(CCCCCCC(C)C)cc2)nc1. The first-order valence-electron chi connectivity index (χ1n) is 12.6. The molecule has 1 aromatic heterocycles. The van der Waals surface area contributed by atoms with E-state index in [0.29, 0.717) is 0 Å². The maximum Gasteiger partial charge on any atom is 0.159 e. The van der Waals surface area contributed by atoms with Crippen LogP contribution in [0.4, 0.5) is 0 Å². The highest BCUT2D eigenvalue weighted by Crippen LogP contribution is 2.18. The zero-order valence-corrected chi connectivity index (χ0v) is 19.8. The third-order valence-electron chi connectivity index (χ3n) is 5.98. The zero-order chi connectivity index (χ0) is 21.4. The molecule has 0 radical (unpaired) electrons. The molecule has 2 nitrogen and oxygen atoms in total. The summed E-state index contributed by atoms with van der Waals surface area (Å²) < 4.78 is 0. The Bertz CT molecular complexity index is 658. The summed E-state index contributed by atoms with van der Waals surface area (Å²) in [5.41, 5.74) is 3.82. The van der Waals surface area contributed by atoms with Crippen LogP contribution in [0.1, 0.15) is 109 Å². The van der Waals surface area contributed by atoms with Gasteiger partial charge in [-0.3, -0.25) is 0 Å². The fourth-order valence-electron chi connectivity index (χ4n) is 3.97. The fraction of sp³-hybridized carbons (Fsp3) is 0.643. The lowest BCUT2D eigenvalue weighted by Gasteiger charge is -2.06. The van der Waals surface area contributed by atoms with Crippen molar-refractivity contribution in [2.24, 2.45) is 5.92 Å². The smallest absolute Gasteiger partial charge is 0.159 e. The highest BCUT2D eigenvalue weighted by Gasteiger charge is 2.03. The van der Waals surface area contributed by atoms with Gasteiger partial charge in [-0.05, 0) is 42.7 Å². The average Bonchev–Trinajstić information content (AvgIpc) is 2.76. The first-order valence-corrected chi connectivity index (χ1v) is 12.6. The van der Waals surface area contributed by atoms with Crippen molar-refractivity contribution in [3.63, 3.8) is 0 Å². The number of hydrogen-bond donors (Lipinski definition) is 0. The number of unbranched alkanes of at least 4 members (excludes halogenated alkanes) is 9. The van der Waals surface area contributed by atoms with E-state index in [2.05, 4.69) is 55.0 Å². The lowest BCUT2D eigenvalue weighted by atomic mass is 10.0. The number of aromatic nitrogens is 2. The third-order valence-corrected chi connectivity index (χ3v) is 5.98. The summed E-state index contributed by atoms with van der Waals surface area (Å²) in [5, 5.41) is 0. The highest BCUT2D eigenvalue weighted by molar-refractivity contribution is 5.55. The summed E-state index contributed by atoms with van der Waals surface area (Å²) in [5.74, 6) is 1.69. The Morgan fingerprint density at radius 3 is 1.77 bits per heavy atom. The molecule has 1 heterocycles. The number of aryl methyl sites for hydroxylation is 2. The molecule has 0 fully saturated rings. The van der Waals surface area contributed by atoms with Gasteiger partial charge in [0.25, 0.3) is 0 Å². The monoisotopic (exact) mass is 408 g/mol.